The summed E-state index contributed by atoms with van der Waals surface area (Å²) in [5, 5.41) is 11.6. The first-order chi connectivity index (χ1) is 15.6. The van der Waals surface area contributed by atoms with Crippen LogP contribution in [0.3, 0.4) is 0 Å². The zero-order valence-electron chi connectivity index (χ0n) is 18.3. The second-order valence-corrected chi connectivity index (χ2v) is 8.98. The van der Waals surface area contributed by atoms with Crippen molar-refractivity contribution >= 4 is 38.5 Å². The molecule has 0 atom stereocenters. The molecule has 0 unspecified atom stereocenters. The zero-order chi connectivity index (χ0) is 22.0. The minimum absolute atomic E-state index is 0.00563. The second-order valence-electron chi connectivity index (χ2n) is 8.98. The largest absolute Gasteiger partial charge is 0.495 e. The van der Waals surface area contributed by atoms with E-state index in [0.717, 1.165) is 72.5 Å². The Morgan fingerprint density at radius 2 is 1.88 bits per heavy atom. The van der Waals surface area contributed by atoms with Crippen LogP contribution in [0.2, 0.25) is 0 Å². The van der Waals surface area contributed by atoms with E-state index in [2.05, 4.69) is 38.5 Å². The highest BCUT2D eigenvalue weighted by Crippen LogP contribution is 2.42. The van der Waals surface area contributed by atoms with Gasteiger partial charge in [-0.3, -0.25) is 4.79 Å². The summed E-state index contributed by atoms with van der Waals surface area (Å²) in [6.45, 7) is 3.85. The van der Waals surface area contributed by atoms with E-state index in [-0.39, 0.29) is 5.43 Å². The Balaban J connectivity index is 1.68. The fourth-order valence-electron chi connectivity index (χ4n) is 5.03. The molecule has 32 heavy (non-hydrogen) atoms. The molecule has 1 saturated carbocycles. The van der Waals surface area contributed by atoms with Crippen molar-refractivity contribution in [2.24, 2.45) is 0 Å². The standard InChI is InChI=1S/C25H25N5O2/c1-28-7-9-29(10-8-28)21-13-20-18(12-22(21)32-2)24(31)23-17-6-3-15(14-26)11-19(17)27-25(23)30(20)16-4-5-16/h3,6,11-13,16,27H,4-5,7-10H2,1-2H3. The van der Waals surface area contributed by atoms with Gasteiger partial charge < -0.3 is 24.1 Å². The van der Waals surface area contributed by atoms with Gasteiger partial charge in [-0.2, -0.15) is 5.26 Å². The van der Waals surface area contributed by atoms with Crippen molar-refractivity contribution in [3.05, 3.63) is 46.1 Å². The summed E-state index contributed by atoms with van der Waals surface area (Å²) in [6.07, 6.45) is 2.20. The molecule has 1 aliphatic heterocycles. The number of anilines is 1. The number of H-pyrrole nitrogens is 1. The first kappa shape index (κ1) is 19.2. The van der Waals surface area contributed by atoms with Crippen molar-refractivity contribution in [3.63, 3.8) is 0 Å². The van der Waals surface area contributed by atoms with Crippen molar-refractivity contribution in [1.82, 2.24) is 14.5 Å². The molecule has 0 radical (unpaired) electrons. The number of ether oxygens (including phenoxy) is 1. The molecule has 2 fully saturated rings. The summed E-state index contributed by atoms with van der Waals surface area (Å²) in [4.78, 5) is 21.9. The predicted molar refractivity (Wildman–Crippen MR) is 127 cm³/mol. The van der Waals surface area contributed by atoms with E-state index in [9.17, 15) is 10.1 Å². The summed E-state index contributed by atoms with van der Waals surface area (Å²) >= 11 is 0. The van der Waals surface area contributed by atoms with Gasteiger partial charge in [-0.1, -0.05) is 6.07 Å². The van der Waals surface area contributed by atoms with E-state index in [4.69, 9.17) is 4.74 Å². The number of hydrogen-bond acceptors (Lipinski definition) is 5. The van der Waals surface area contributed by atoms with Gasteiger partial charge in [0.1, 0.15) is 11.4 Å². The third kappa shape index (κ3) is 2.80. The maximum Gasteiger partial charge on any atom is 0.199 e. The highest BCUT2D eigenvalue weighted by atomic mass is 16.5. The minimum atomic E-state index is 0.00563. The van der Waals surface area contributed by atoms with Crippen LogP contribution in [0.5, 0.6) is 5.75 Å². The summed E-state index contributed by atoms with van der Waals surface area (Å²) in [7, 11) is 3.82. The van der Waals surface area contributed by atoms with Gasteiger partial charge in [0.05, 0.1) is 40.7 Å². The number of nitriles is 1. The van der Waals surface area contributed by atoms with Crippen molar-refractivity contribution < 1.29 is 4.74 Å². The van der Waals surface area contributed by atoms with E-state index < -0.39 is 0 Å². The molecule has 7 nitrogen and oxygen atoms in total. The number of aromatic amines is 1. The van der Waals surface area contributed by atoms with E-state index in [1.165, 1.54) is 0 Å². The fourth-order valence-corrected chi connectivity index (χ4v) is 5.03. The summed E-state index contributed by atoms with van der Waals surface area (Å²) in [5.41, 5.74) is 4.26. The lowest BCUT2D eigenvalue weighted by Crippen LogP contribution is -2.44. The Labute approximate surface area is 185 Å². The van der Waals surface area contributed by atoms with Crippen molar-refractivity contribution in [3.8, 4) is 11.8 Å². The quantitative estimate of drug-likeness (QED) is 0.541. The van der Waals surface area contributed by atoms with E-state index >= 15 is 0 Å². The van der Waals surface area contributed by atoms with E-state index in [0.29, 0.717) is 22.4 Å². The number of piperazine rings is 1. The lowest BCUT2D eigenvalue weighted by atomic mass is 10.1. The van der Waals surface area contributed by atoms with Gasteiger partial charge in [-0.15, -0.1) is 0 Å². The normalized spacial score (nSPS) is 17.3. The van der Waals surface area contributed by atoms with Crippen LogP contribution in [0.25, 0.3) is 32.8 Å². The minimum Gasteiger partial charge on any atom is -0.495 e. The highest BCUT2D eigenvalue weighted by Gasteiger charge is 2.30. The van der Waals surface area contributed by atoms with Crippen LogP contribution in [0.4, 0.5) is 5.69 Å². The zero-order valence-corrected chi connectivity index (χ0v) is 18.3. The number of aromatic nitrogens is 2. The van der Waals surface area contributed by atoms with Gasteiger partial charge in [-0.25, -0.2) is 0 Å². The van der Waals surface area contributed by atoms with Crippen molar-refractivity contribution in [2.45, 2.75) is 18.9 Å². The second kappa shape index (κ2) is 7.01. The molecule has 7 heteroatoms. The molecular weight excluding hydrogens is 402 g/mol. The Morgan fingerprint density at radius 3 is 2.56 bits per heavy atom. The Hall–Kier alpha value is -3.50. The number of methoxy groups -OCH3 is 1. The average Bonchev–Trinajstić information content (AvgIpc) is 3.58. The van der Waals surface area contributed by atoms with Gasteiger partial charge >= 0.3 is 0 Å². The smallest absolute Gasteiger partial charge is 0.199 e. The SMILES string of the molecule is COc1cc2c(=O)c3c4ccc(C#N)cc4[nH]c3n(C3CC3)c2cc1N1CCN(C)CC1. The number of hydrogen-bond donors (Lipinski definition) is 1. The highest BCUT2D eigenvalue weighted by molar-refractivity contribution is 6.10. The molecule has 3 heterocycles. The maximum absolute atomic E-state index is 13.7. The molecule has 2 aromatic heterocycles. The molecular formula is C25H25N5O2. The summed E-state index contributed by atoms with van der Waals surface area (Å²) in [5.74, 6) is 0.743. The van der Waals surface area contributed by atoms with Crippen molar-refractivity contribution in [1.29, 1.82) is 5.26 Å². The molecule has 1 aliphatic carbocycles. The van der Waals surface area contributed by atoms with Crippen LogP contribution in [-0.2, 0) is 0 Å². The number of fused-ring (bicyclic) bond motifs is 4. The number of pyridine rings is 1. The van der Waals surface area contributed by atoms with Gasteiger partial charge in [0.25, 0.3) is 0 Å². The lowest BCUT2D eigenvalue weighted by molar-refractivity contribution is 0.311. The number of nitrogens with one attached hydrogen (secondary N) is 1. The molecule has 2 aliphatic rings. The number of likely N-dealkylation sites (N-methyl/N-ethyl adjacent to an activating group) is 1. The Morgan fingerprint density at radius 1 is 1.09 bits per heavy atom. The number of rotatable bonds is 3. The summed E-state index contributed by atoms with van der Waals surface area (Å²) < 4.78 is 8.07. The van der Waals surface area contributed by atoms with Gasteiger partial charge in [0, 0.05) is 43.1 Å². The third-order valence-corrected chi connectivity index (χ3v) is 6.93. The molecule has 0 bridgehead atoms. The molecule has 0 spiro atoms. The van der Waals surface area contributed by atoms with Crippen LogP contribution in [0.1, 0.15) is 24.4 Å². The third-order valence-electron chi connectivity index (χ3n) is 6.93. The predicted octanol–water partition coefficient (Wildman–Crippen LogP) is 3.60. The Kier molecular flexibility index (Phi) is 4.21. The first-order valence-electron chi connectivity index (χ1n) is 11.1. The molecule has 1 N–H and O–H groups in total. The molecule has 4 aromatic rings. The number of nitrogens with zero attached hydrogens (tertiary/aromatic N) is 4. The molecule has 2 aromatic carbocycles. The van der Waals surface area contributed by atoms with Gasteiger partial charge in [0.2, 0.25) is 0 Å². The van der Waals surface area contributed by atoms with Crippen LogP contribution in [-0.4, -0.2) is 54.8 Å². The monoisotopic (exact) mass is 427 g/mol. The van der Waals surface area contributed by atoms with Crippen LogP contribution < -0.4 is 15.1 Å². The summed E-state index contributed by atoms with van der Waals surface area (Å²) in [6, 6.07) is 12.1. The molecule has 1 saturated heterocycles. The van der Waals surface area contributed by atoms with E-state index in [1.54, 1.807) is 13.2 Å². The van der Waals surface area contributed by atoms with Crippen LogP contribution in [0, 0.1) is 11.3 Å². The Bertz CT molecular complexity index is 1480. The lowest BCUT2D eigenvalue weighted by Gasteiger charge is -2.35. The maximum atomic E-state index is 13.7. The van der Waals surface area contributed by atoms with Gasteiger partial charge in [-0.05, 0) is 44.2 Å². The molecule has 162 valence electrons. The topological polar surface area (TPSA) is 77.3 Å². The van der Waals surface area contributed by atoms with Crippen LogP contribution in [0.15, 0.2) is 35.1 Å². The van der Waals surface area contributed by atoms with Crippen molar-refractivity contribution in [2.75, 3.05) is 45.2 Å². The van der Waals surface area contributed by atoms with E-state index in [1.807, 2.05) is 18.2 Å². The van der Waals surface area contributed by atoms with Gasteiger partial charge in [0.15, 0.2) is 5.43 Å². The first-order valence-corrected chi connectivity index (χ1v) is 11.1. The fraction of sp³-hybridized carbons (Fsp3) is 0.360. The molecule has 6 rings (SSSR count). The average molecular weight is 428 g/mol. The number of benzene rings is 2. The molecule has 0 amide bonds. The van der Waals surface area contributed by atoms with Crippen LogP contribution >= 0.6 is 0 Å².